The molecule has 0 saturated carbocycles. The van der Waals surface area contributed by atoms with Crippen molar-refractivity contribution in [1.29, 1.82) is 0 Å². The van der Waals surface area contributed by atoms with Crippen LogP contribution in [0.4, 0.5) is 18.0 Å². The molecule has 0 bridgehead atoms. The van der Waals surface area contributed by atoms with E-state index in [4.69, 9.17) is 9.16 Å². The number of alkyl carbamates (subject to hydrolysis) is 1. The first-order valence-electron chi connectivity index (χ1n) is 9.58. The molecule has 0 heterocycles. The quantitative estimate of drug-likeness (QED) is 0.388. The van der Waals surface area contributed by atoms with Crippen LogP contribution in [0.5, 0.6) is 0 Å². The summed E-state index contributed by atoms with van der Waals surface area (Å²) >= 11 is 0. The van der Waals surface area contributed by atoms with Crippen LogP contribution in [-0.4, -0.2) is 60.1 Å². The number of ether oxygens (including phenoxy) is 1. The Morgan fingerprint density at radius 1 is 1.03 bits per heavy atom. The summed E-state index contributed by atoms with van der Waals surface area (Å²) in [5, 5.41) is 2.24. The van der Waals surface area contributed by atoms with Gasteiger partial charge in [-0.05, 0) is 45.3 Å². The molecule has 7 nitrogen and oxygen atoms in total. The number of rotatable bonds is 9. The molecule has 0 aliphatic carbocycles. The molecular formula is C18H36F3NO6SSi. The first-order chi connectivity index (χ1) is 13.0. The van der Waals surface area contributed by atoms with E-state index in [1.165, 1.54) is 0 Å². The minimum absolute atomic E-state index is 0.165. The highest BCUT2D eigenvalue weighted by Crippen LogP contribution is 2.37. The molecule has 0 rings (SSSR count). The second-order valence-corrected chi connectivity index (χ2v) is 16.3. The van der Waals surface area contributed by atoms with E-state index in [9.17, 15) is 26.4 Å². The molecule has 1 N–H and O–H groups in total. The predicted molar refractivity (Wildman–Crippen MR) is 111 cm³/mol. The molecule has 0 aromatic heterocycles. The molecular weight excluding hydrogens is 443 g/mol. The van der Waals surface area contributed by atoms with Gasteiger partial charge in [-0.25, -0.2) is 4.79 Å². The summed E-state index contributed by atoms with van der Waals surface area (Å²) in [6.07, 6.45) is -5.55. The first-order valence-corrected chi connectivity index (χ1v) is 14.3. The third kappa shape index (κ3) is 12.1. The van der Waals surface area contributed by atoms with E-state index in [-0.39, 0.29) is 11.6 Å². The highest BCUT2D eigenvalue weighted by molar-refractivity contribution is 7.85. The fourth-order valence-electron chi connectivity index (χ4n) is 2.01. The van der Waals surface area contributed by atoms with Gasteiger partial charge in [0.1, 0.15) is 5.60 Å². The number of nitrogens with one attached hydrogen (secondary N) is 1. The molecule has 0 fully saturated rings. The summed E-state index contributed by atoms with van der Waals surface area (Å²) in [5.74, 6) is -2.12. The summed E-state index contributed by atoms with van der Waals surface area (Å²) in [6, 6.07) is -1.05. The standard InChI is InChI=1S/C18H36F3NO6SSi/c1-16(2,3)28-15(23)22-14(12-27-30(8,9)17(4,5)6)10-13(18(19,20)21)11-26-29(7,24)25/h13-14H,10-12H2,1-9H3,(H,22,23)/t13-,14-/m1/s1. The maximum atomic E-state index is 13.5. The second-order valence-electron chi connectivity index (χ2n) is 9.88. The topological polar surface area (TPSA) is 90.9 Å². The van der Waals surface area contributed by atoms with E-state index >= 15 is 0 Å². The Bertz CT molecular complexity index is 669. The van der Waals surface area contributed by atoms with Crippen LogP contribution >= 0.6 is 0 Å². The molecule has 0 aliphatic rings. The van der Waals surface area contributed by atoms with Crippen molar-refractivity contribution in [2.24, 2.45) is 5.92 Å². The number of carbonyl (C=O) groups excluding carboxylic acids is 1. The molecule has 0 spiro atoms. The largest absolute Gasteiger partial charge is 0.444 e. The summed E-state index contributed by atoms with van der Waals surface area (Å²) < 4.78 is 78.2. The van der Waals surface area contributed by atoms with E-state index in [0.29, 0.717) is 6.26 Å². The SMILES string of the molecule is CC(C)(C)OC(=O)N[C@@H](CO[Si](C)(C)C(C)(C)C)C[C@H](COS(C)(=O)=O)C(F)(F)F. The van der Waals surface area contributed by atoms with Crippen LogP contribution in [0.3, 0.4) is 0 Å². The molecule has 180 valence electrons. The van der Waals surface area contributed by atoms with Gasteiger partial charge in [-0.15, -0.1) is 0 Å². The fourth-order valence-corrected chi connectivity index (χ4v) is 3.48. The number of halogens is 3. The zero-order chi connectivity index (χ0) is 24.2. The lowest BCUT2D eigenvalue weighted by Crippen LogP contribution is -2.49. The monoisotopic (exact) mass is 479 g/mol. The van der Waals surface area contributed by atoms with Crippen molar-refractivity contribution in [1.82, 2.24) is 5.32 Å². The van der Waals surface area contributed by atoms with Crippen molar-refractivity contribution in [2.45, 2.75) is 83.9 Å². The average Bonchev–Trinajstić information content (AvgIpc) is 2.43. The van der Waals surface area contributed by atoms with Crippen molar-refractivity contribution in [3.63, 3.8) is 0 Å². The third-order valence-corrected chi connectivity index (χ3v) is 9.75. The lowest BCUT2D eigenvalue weighted by atomic mass is 10.0. The molecule has 1 amide bonds. The maximum Gasteiger partial charge on any atom is 0.407 e. The summed E-state index contributed by atoms with van der Waals surface area (Å²) in [7, 11) is -6.37. The third-order valence-electron chi connectivity index (χ3n) is 4.69. The summed E-state index contributed by atoms with van der Waals surface area (Å²) in [6.45, 7) is 13.5. The van der Waals surface area contributed by atoms with Gasteiger partial charge in [-0.2, -0.15) is 21.6 Å². The van der Waals surface area contributed by atoms with Crippen molar-refractivity contribution < 1.29 is 39.7 Å². The van der Waals surface area contributed by atoms with Crippen molar-refractivity contribution in [2.75, 3.05) is 19.5 Å². The van der Waals surface area contributed by atoms with Gasteiger partial charge in [0.05, 0.1) is 31.4 Å². The van der Waals surface area contributed by atoms with E-state index < -0.39 is 61.3 Å². The highest BCUT2D eigenvalue weighted by Gasteiger charge is 2.43. The summed E-state index contributed by atoms with van der Waals surface area (Å²) in [5.41, 5.74) is -0.836. The zero-order valence-electron chi connectivity index (χ0n) is 19.3. The van der Waals surface area contributed by atoms with E-state index in [0.717, 1.165) is 0 Å². The van der Waals surface area contributed by atoms with Crippen LogP contribution in [0, 0.1) is 5.92 Å². The van der Waals surface area contributed by atoms with Crippen LogP contribution < -0.4 is 5.32 Å². The molecule has 30 heavy (non-hydrogen) atoms. The zero-order valence-corrected chi connectivity index (χ0v) is 21.1. The van der Waals surface area contributed by atoms with Crippen LogP contribution in [0.2, 0.25) is 18.1 Å². The normalized spacial score (nSPS) is 16.1. The fraction of sp³-hybridized carbons (Fsp3) is 0.944. The second kappa shape index (κ2) is 10.2. The Labute approximate surface area is 179 Å². The summed E-state index contributed by atoms with van der Waals surface area (Å²) in [4.78, 5) is 12.2. The first kappa shape index (κ1) is 29.1. The minimum atomic E-state index is -4.73. The van der Waals surface area contributed by atoms with Crippen molar-refractivity contribution >= 4 is 24.5 Å². The number of hydrogen-bond donors (Lipinski definition) is 1. The number of amides is 1. The Balaban J connectivity index is 5.53. The maximum absolute atomic E-state index is 13.5. The number of hydrogen-bond acceptors (Lipinski definition) is 6. The van der Waals surface area contributed by atoms with Gasteiger partial charge < -0.3 is 14.5 Å². The Morgan fingerprint density at radius 2 is 1.53 bits per heavy atom. The van der Waals surface area contributed by atoms with E-state index in [1.807, 2.05) is 33.9 Å². The van der Waals surface area contributed by atoms with E-state index in [2.05, 4.69) is 9.50 Å². The molecule has 0 aromatic carbocycles. The van der Waals surface area contributed by atoms with Crippen molar-refractivity contribution in [3.05, 3.63) is 0 Å². The molecule has 0 unspecified atom stereocenters. The molecule has 2 atom stereocenters. The van der Waals surface area contributed by atoms with Crippen LogP contribution in [0.1, 0.15) is 48.0 Å². The van der Waals surface area contributed by atoms with E-state index in [1.54, 1.807) is 20.8 Å². The molecule has 0 radical (unpaired) electrons. The lowest BCUT2D eigenvalue weighted by molar-refractivity contribution is -0.185. The van der Waals surface area contributed by atoms with Crippen LogP contribution in [0.15, 0.2) is 0 Å². The Kier molecular flexibility index (Phi) is 9.89. The molecule has 12 heteroatoms. The molecule has 0 aliphatic heterocycles. The predicted octanol–water partition coefficient (Wildman–Crippen LogP) is 4.45. The molecule has 0 saturated heterocycles. The number of alkyl halides is 3. The van der Waals surface area contributed by atoms with Crippen LogP contribution in [0.25, 0.3) is 0 Å². The smallest absolute Gasteiger partial charge is 0.407 e. The number of carbonyl (C=O) groups is 1. The Morgan fingerprint density at radius 3 is 1.90 bits per heavy atom. The Hall–Kier alpha value is -0.853. The van der Waals surface area contributed by atoms with Gasteiger partial charge in [-0.1, -0.05) is 20.8 Å². The lowest BCUT2D eigenvalue weighted by Gasteiger charge is -2.38. The minimum Gasteiger partial charge on any atom is -0.444 e. The van der Waals surface area contributed by atoms with Gasteiger partial charge in [0.25, 0.3) is 10.1 Å². The van der Waals surface area contributed by atoms with Gasteiger partial charge >= 0.3 is 12.3 Å². The highest BCUT2D eigenvalue weighted by atomic mass is 32.2. The van der Waals surface area contributed by atoms with Gasteiger partial charge in [-0.3, -0.25) is 4.18 Å². The molecule has 0 aromatic rings. The van der Waals surface area contributed by atoms with Crippen LogP contribution in [-0.2, 0) is 23.5 Å². The average molecular weight is 480 g/mol. The van der Waals surface area contributed by atoms with Crippen molar-refractivity contribution in [3.8, 4) is 0 Å². The van der Waals surface area contributed by atoms with Gasteiger partial charge in [0, 0.05) is 0 Å². The van der Waals surface area contributed by atoms with Gasteiger partial charge in [0.15, 0.2) is 8.32 Å². The van der Waals surface area contributed by atoms with Gasteiger partial charge in [0.2, 0.25) is 0 Å².